The third kappa shape index (κ3) is 5.48. The maximum atomic E-state index is 11.8. The molecule has 3 rings (SSSR count). The Morgan fingerprint density at radius 3 is 2.24 bits per heavy atom. The molecule has 2 aromatic rings. The molecule has 0 atom stereocenters. The van der Waals surface area contributed by atoms with E-state index >= 15 is 0 Å². The summed E-state index contributed by atoms with van der Waals surface area (Å²) in [6, 6.07) is 17.3. The van der Waals surface area contributed by atoms with E-state index in [-0.39, 0.29) is 4.90 Å². The van der Waals surface area contributed by atoms with Gasteiger partial charge < -0.3 is 15.1 Å². The van der Waals surface area contributed by atoms with E-state index < -0.39 is 10.0 Å². The molecule has 2 aromatic carbocycles. The second-order valence-electron chi connectivity index (χ2n) is 6.83. The summed E-state index contributed by atoms with van der Waals surface area (Å²) in [7, 11) is -2.00. The van der Waals surface area contributed by atoms with E-state index in [0.29, 0.717) is 6.54 Å². The normalized spacial score (nSPS) is 15.4. The Morgan fingerprint density at radius 2 is 1.66 bits per heavy atom. The van der Waals surface area contributed by atoms with E-state index in [9.17, 15) is 8.42 Å². The lowest BCUT2D eigenvalue weighted by Gasteiger charge is -2.37. The SMILES string of the molecule is CCNC(=NCc1ccc(S(=O)(=O)NC)cc1)N1CCN(c2ccccc2)CC1. The second kappa shape index (κ2) is 9.76. The first kappa shape index (κ1) is 21.1. The molecule has 1 aliphatic rings. The molecule has 0 aromatic heterocycles. The third-order valence-corrected chi connectivity index (χ3v) is 6.38. The maximum absolute atomic E-state index is 11.8. The Hall–Kier alpha value is -2.58. The third-order valence-electron chi connectivity index (χ3n) is 4.95. The zero-order valence-corrected chi connectivity index (χ0v) is 17.8. The van der Waals surface area contributed by atoms with Gasteiger partial charge in [-0.15, -0.1) is 0 Å². The molecule has 1 aliphatic heterocycles. The lowest BCUT2D eigenvalue weighted by molar-refractivity contribution is 0.372. The van der Waals surface area contributed by atoms with Crippen molar-refractivity contribution in [2.24, 2.45) is 4.99 Å². The number of piperazine rings is 1. The van der Waals surface area contributed by atoms with Gasteiger partial charge in [0.05, 0.1) is 11.4 Å². The van der Waals surface area contributed by atoms with Crippen LogP contribution < -0.4 is 14.9 Å². The van der Waals surface area contributed by atoms with Gasteiger partial charge in [-0.25, -0.2) is 18.1 Å². The number of guanidine groups is 1. The van der Waals surface area contributed by atoms with Gasteiger partial charge >= 0.3 is 0 Å². The van der Waals surface area contributed by atoms with Gasteiger partial charge in [0, 0.05) is 38.4 Å². The fraction of sp³-hybridized carbons (Fsp3) is 0.381. The molecule has 0 radical (unpaired) electrons. The minimum atomic E-state index is -3.41. The van der Waals surface area contributed by atoms with Crippen molar-refractivity contribution >= 4 is 21.7 Å². The van der Waals surface area contributed by atoms with Crippen LogP contribution >= 0.6 is 0 Å². The first-order valence-corrected chi connectivity index (χ1v) is 11.4. The molecule has 1 saturated heterocycles. The molecule has 29 heavy (non-hydrogen) atoms. The van der Waals surface area contributed by atoms with Gasteiger partial charge in [0.2, 0.25) is 10.0 Å². The lowest BCUT2D eigenvalue weighted by Crippen LogP contribution is -2.52. The van der Waals surface area contributed by atoms with Crippen LogP contribution in [-0.4, -0.2) is 59.0 Å². The molecular weight excluding hydrogens is 386 g/mol. The van der Waals surface area contributed by atoms with Crippen LogP contribution in [0.15, 0.2) is 64.5 Å². The number of hydrogen-bond acceptors (Lipinski definition) is 4. The van der Waals surface area contributed by atoms with Crippen molar-refractivity contribution in [2.45, 2.75) is 18.4 Å². The zero-order chi connectivity index (χ0) is 20.7. The summed E-state index contributed by atoms with van der Waals surface area (Å²) >= 11 is 0. The molecule has 0 saturated carbocycles. The summed E-state index contributed by atoms with van der Waals surface area (Å²) in [5.74, 6) is 0.895. The summed E-state index contributed by atoms with van der Waals surface area (Å²) in [6.07, 6.45) is 0. The number of hydrogen-bond donors (Lipinski definition) is 2. The molecule has 8 heteroatoms. The first-order chi connectivity index (χ1) is 14.0. The number of sulfonamides is 1. The summed E-state index contributed by atoms with van der Waals surface area (Å²) in [4.78, 5) is 9.70. The second-order valence-corrected chi connectivity index (χ2v) is 8.72. The number of nitrogens with one attached hydrogen (secondary N) is 2. The summed E-state index contributed by atoms with van der Waals surface area (Å²) in [6.45, 7) is 7.07. The average molecular weight is 416 g/mol. The maximum Gasteiger partial charge on any atom is 0.240 e. The number of benzene rings is 2. The Bertz CT molecular complexity index is 906. The fourth-order valence-corrected chi connectivity index (χ4v) is 4.03. The first-order valence-electron chi connectivity index (χ1n) is 9.89. The molecule has 0 unspecified atom stereocenters. The van der Waals surface area contributed by atoms with Crippen LogP contribution in [0.25, 0.3) is 0 Å². The zero-order valence-electron chi connectivity index (χ0n) is 17.0. The van der Waals surface area contributed by atoms with Crippen molar-refractivity contribution in [3.63, 3.8) is 0 Å². The molecule has 7 nitrogen and oxygen atoms in total. The van der Waals surface area contributed by atoms with Crippen molar-refractivity contribution in [2.75, 3.05) is 44.7 Å². The lowest BCUT2D eigenvalue weighted by atomic mass is 10.2. The van der Waals surface area contributed by atoms with Crippen LogP contribution in [0.3, 0.4) is 0 Å². The molecule has 0 aliphatic carbocycles. The fourth-order valence-electron chi connectivity index (χ4n) is 3.30. The van der Waals surface area contributed by atoms with Crippen LogP contribution in [0, 0.1) is 0 Å². The van der Waals surface area contributed by atoms with E-state index in [4.69, 9.17) is 4.99 Å². The number of anilines is 1. The number of nitrogens with zero attached hydrogens (tertiary/aromatic N) is 3. The van der Waals surface area contributed by atoms with Crippen molar-refractivity contribution in [1.82, 2.24) is 14.9 Å². The van der Waals surface area contributed by atoms with Crippen LogP contribution in [0.5, 0.6) is 0 Å². The van der Waals surface area contributed by atoms with Crippen molar-refractivity contribution < 1.29 is 8.42 Å². The predicted molar refractivity (Wildman–Crippen MR) is 118 cm³/mol. The molecule has 1 heterocycles. The van der Waals surface area contributed by atoms with E-state index in [1.807, 2.05) is 18.2 Å². The van der Waals surface area contributed by atoms with Gasteiger partial charge in [-0.1, -0.05) is 30.3 Å². The van der Waals surface area contributed by atoms with Crippen molar-refractivity contribution in [3.8, 4) is 0 Å². The standard InChI is InChI=1S/C21H29N5O2S/c1-3-23-21(24-17-18-9-11-20(12-10-18)29(27,28)22-2)26-15-13-25(14-16-26)19-7-5-4-6-8-19/h4-12,22H,3,13-17H2,1-2H3,(H,23,24). The van der Waals surface area contributed by atoms with Crippen molar-refractivity contribution in [1.29, 1.82) is 0 Å². The van der Waals surface area contributed by atoms with Gasteiger partial charge in [-0.3, -0.25) is 0 Å². The van der Waals surface area contributed by atoms with Crippen LogP contribution in [0.1, 0.15) is 12.5 Å². The molecule has 0 bridgehead atoms. The molecule has 1 fully saturated rings. The highest BCUT2D eigenvalue weighted by Gasteiger charge is 2.19. The quantitative estimate of drug-likeness (QED) is 0.557. The summed E-state index contributed by atoms with van der Waals surface area (Å²) < 4.78 is 26.0. The summed E-state index contributed by atoms with van der Waals surface area (Å²) in [5, 5.41) is 3.37. The highest BCUT2D eigenvalue weighted by molar-refractivity contribution is 7.89. The smallest absolute Gasteiger partial charge is 0.240 e. The Morgan fingerprint density at radius 1 is 1.00 bits per heavy atom. The molecule has 156 valence electrons. The minimum Gasteiger partial charge on any atom is -0.368 e. The van der Waals surface area contributed by atoms with Crippen LogP contribution in [0.4, 0.5) is 5.69 Å². The number of aliphatic imine (C=N–C) groups is 1. The monoisotopic (exact) mass is 415 g/mol. The Labute approximate surface area is 173 Å². The van der Waals surface area contributed by atoms with Crippen LogP contribution in [0.2, 0.25) is 0 Å². The topological polar surface area (TPSA) is 77.0 Å². The number of para-hydroxylation sites is 1. The van der Waals surface area contributed by atoms with E-state index in [0.717, 1.165) is 44.2 Å². The molecule has 2 N–H and O–H groups in total. The highest BCUT2D eigenvalue weighted by atomic mass is 32.2. The van der Waals surface area contributed by atoms with E-state index in [1.54, 1.807) is 12.1 Å². The molecular formula is C21H29N5O2S. The van der Waals surface area contributed by atoms with E-state index in [1.165, 1.54) is 12.7 Å². The van der Waals surface area contributed by atoms with Gasteiger partial charge in [-0.05, 0) is 43.8 Å². The number of rotatable bonds is 6. The van der Waals surface area contributed by atoms with Gasteiger partial charge in [-0.2, -0.15) is 0 Å². The highest BCUT2D eigenvalue weighted by Crippen LogP contribution is 2.16. The van der Waals surface area contributed by atoms with Crippen molar-refractivity contribution in [3.05, 3.63) is 60.2 Å². The van der Waals surface area contributed by atoms with Gasteiger partial charge in [0.1, 0.15) is 0 Å². The Kier molecular flexibility index (Phi) is 7.11. The van der Waals surface area contributed by atoms with Gasteiger partial charge in [0.25, 0.3) is 0 Å². The van der Waals surface area contributed by atoms with Crippen LogP contribution in [-0.2, 0) is 16.6 Å². The average Bonchev–Trinajstić information content (AvgIpc) is 2.77. The predicted octanol–water partition coefficient (Wildman–Crippen LogP) is 1.88. The Balaban J connectivity index is 1.63. The summed E-state index contributed by atoms with van der Waals surface area (Å²) in [5.41, 5.74) is 2.23. The molecule has 0 amide bonds. The molecule has 0 spiro atoms. The van der Waals surface area contributed by atoms with E-state index in [2.05, 4.69) is 51.0 Å². The largest absolute Gasteiger partial charge is 0.368 e. The minimum absolute atomic E-state index is 0.261. The van der Waals surface area contributed by atoms with Gasteiger partial charge in [0.15, 0.2) is 5.96 Å².